The van der Waals surface area contributed by atoms with Crippen molar-refractivity contribution in [3.63, 3.8) is 0 Å². The predicted molar refractivity (Wildman–Crippen MR) is 216 cm³/mol. The second-order valence-corrected chi connectivity index (χ2v) is 22.5. The van der Waals surface area contributed by atoms with Crippen LogP contribution in [0.4, 0.5) is 0 Å². The van der Waals surface area contributed by atoms with Crippen LogP contribution < -0.4 is 32.3 Å². The molecular formula is C44H47I2N2O4-. The van der Waals surface area contributed by atoms with E-state index in [-0.39, 0.29) is 54.9 Å². The molecule has 1 aliphatic rings. The van der Waals surface area contributed by atoms with Crippen molar-refractivity contribution in [2.45, 2.75) is 54.9 Å². The standard InChI is InChI=1S/C44H47I2N2O4/c1-46(42(50)38(19-20-41(49)35-21-23-45-24-22-35)27-31-15-17-33-11-5-7-13-36(33)25-31)39(28-32-16-18-34-12-6-8-14-37(34)26-32)44(52)48-40(43(47)51)29-30-9-3-2-4-10-30/h2-18,25-26,35,38-40H,19-24,27-29H2,1H3,(H2,47,51)(H,48,52)/q-1. The van der Waals surface area contributed by atoms with E-state index in [1.807, 2.05) is 65.6 Å². The number of carbonyl (C=O) groups is 4. The molecule has 3 atom stereocenters. The number of hydrogen-bond donors (Lipinski definition) is 2. The summed E-state index contributed by atoms with van der Waals surface area (Å²) in [6, 6.07) is 37.4. The molecule has 1 fully saturated rings. The van der Waals surface area contributed by atoms with Crippen molar-refractivity contribution in [3.05, 3.63) is 132 Å². The number of benzene rings is 5. The molecule has 5 aromatic carbocycles. The average Bonchev–Trinajstić information content (AvgIpc) is 3.18. The fourth-order valence-corrected chi connectivity index (χ4v) is 14.9. The Hall–Kier alpha value is -3.64. The SMILES string of the molecule is CI(C(=O)C(CCC(=O)C1CC[I-]CC1)Cc1ccc2ccccc2c1)C(Cc1ccc2ccccc2c1)C(=O)NC(Cc1ccccc1)C(N)=O. The molecule has 5 aromatic rings. The normalized spacial score (nSPS) is 15.6. The first-order valence-electron chi connectivity index (χ1n) is 18.0. The quantitative estimate of drug-likeness (QED) is 0.0866. The minimum absolute atomic E-state index is 0.114. The molecule has 1 saturated heterocycles. The van der Waals surface area contributed by atoms with Gasteiger partial charge in [-0.05, 0) is 0 Å². The summed E-state index contributed by atoms with van der Waals surface area (Å²) in [4.78, 5) is 57.4. The Bertz CT molecular complexity index is 2030. The van der Waals surface area contributed by atoms with Gasteiger partial charge in [-0.2, -0.15) is 0 Å². The summed E-state index contributed by atoms with van der Waals surface area (Å²) in [6.07, 6.45) is 4.02. The third-order valence-corrected chi connectivity index (χ3v) is 18.7. The van der Waals surface area contributed by atoms with Crippen LogP contribution in [0.25, 0.3) is 21.5 Å². The zero-order valence-electron chi connectivity index (χ0n) is 29.6. The van der Waals surface area contributed by atoms with Crippen LogP contribution in [0.3, 0.4) is 0 Å². The molecule has 272 valence electrons. The molecule has 6 rings (SSSR count). The van der Waals surface area contributed by atoms with Gasteiger partial charge in [0, 0.05) is 0 Å². The Morgan fingerprint density at radius 1 is 0.712 bits per heavy atom. The summed E-state index contributed by atoms with van der Waals surface area (Å²) < 4.78 is 1.91. The van der Waals surface area contributed by atoms with Crippen molar-refractivity contribution < 1.29 is 40.4 Å². The third-order valence-electron chi connectivity index (χ3n) is 10.1. The van der Waals surface area contributed by atoms with Gasteiger partial charge < -0.3 is 0 Å². The summed E-state index contributed by atoms with van der Waals surface area (Å²) in [5, 5.41) is 7.41. The minimum atomic E-state index is -2.77. The van der Waals surface area contributed by atoms with Gasteiger partial charge in [0.05, 0.1) is 0 Å². The van der Waals surface area contributed by atoms with Crippen LogP contribution in [0.15, 0.2) is 115 Å². The van der Waals surface area contributed by atoms with Crippen molar-refractivity contribution in [1.82, 2.24) is 5.32 Å². The van der Waals surface area contributed by atoms with Crippen molar-refractivity contribution in [3.8, 4) is 0 Å². The van der Waals surface area contributed by atoms with Crippen LogP contribution in [0, 0.1) is 11.8 Å². The van der Waals surface area contributed by atoms with Gasteiger partial charge in [-0.3, -0.25) is 0 Å². The molecule has 0 aromatic heterocycles. The molecular weight excluding hydrogens is 874 g/mol. The van der Waals surface area contributed by atoms with Crippen LogP contribution in [0.5, 0.6) is 0 Å². The van der Waals surface area contributed by atoms with Crippen molar-refractivity contribution in [2.24, 2.45) is 17.6 Å². The molecule has 0 bridgehead atoms. The first-order valence-corrected chi connectivity index (χ1v) is 25.6. The Balaban J connectivity index is 1.29. The van der Waals surface area contributed by atoms with Crippen LogP contribution in [-0.4, -0.2) is 45.1 Å². The van der Waals surface area contributed by atoms with Gasteiger partial charge in [-0.15, -0.1) is 0 Å². The Kier molecular flexibility index (Phi) is 13.5. The van der Waals surface area contributed by atoms with Crippen LogP contribution in [0.1, 0.15) is 42.4 Å². The summed E-state index contributed by atoms with van der Waals surface area (Å²) >= 11 is -2.54. The van der Waals surface area contributed by atoms with E-state index in [0.29, 0.717) is 25.7 Å². The predicted octanol–water partition coefficient (Wildman–Crippen LogP) is 4.49. The van der Waals surface area contributed by atoms with E-state index >= 15 is 0 Å². The van der Waals surface area contributed by atoms with E-state index in [1.54, 1.807) is 0 Å². The molecule has 3 N–H and O–H groups in total. The maximum absolute atomic E-state index is 14.9. The second kappa shape index (κ2) is 18.4. The molecule has 2 amide bonds. The fourth-order valence-electron chi connectivity index (χ4n) is 7.08. The molecule has 0 radical (unpaired) electrons. The number of rotatable bonds is 16. The summed E-state index contributed by atoms with van der Waals surface area (Å²) in [7, 11) is 0. The first-order chi connectivity index (χ1) is 25.2. The Labute approximate surface area is 324 Å². The number of nitrogens with one attached hydrogen (secondary N) is 1. The molecule has 8 heteroatoms. The topological polar surface area (TPSA) is 106 Å². The number of ketones is 1. The van der Waals surface area contributed by atoms with Gasteiger partial charge >= 0.3 is 327 Å². The van der Waals surface area contributed by atoms with Gasteiger partial charge in [0.25, 0.3) is 0 Å². The molecule has 1 heterocycles. The van der Waals surface area contributed by atoms with Gasteiger partial charge in [-0.25, -0.2) is 0 Å². The van der Waals surface area contributed by atoms with E-state index < -0.39 is 35.7 Å². The van der Waals surface area contributed by atoms with E-state index in [2.05, 4.69) is 59.9 Å². The molecule has 0 saturated carbocycles. The molecule has 6 nitrogen and oxygen atoms in total. The summed E-state index contributed by atoms with van der Waals surface area (Å²) in [6.45, 7) is 0. The average molecular weight is 922 g/mol. The number of alkyl halides is 4. The number of fused-ring (bicyclic) bond motifs is 2. The zero-order valence-corrected chi connectivity index (χ0v) is 33.9. The number of halogens is 2. The number of Topliss-reactive ketones (excluding diaryl/α,β-unsaturated/α-hetero) is 1. The molecule has 1 aliphatic heterocycles. The zero-order chi connectivity index (χ0) is 36.5. The van der Waals surface area contributed by atoms with Crippen molar-refractivity contribution in [1.29, 1.82) is 0 Å². The van der Waals surface area contributed by atoms with Gasteiger partial charge in [0.1, 0.15) is 0 Å². The van der Waals surface area contributed by atoms with E-state index in [0.717, 1.165) is 51.1 Å². The van der Waals surface area contributed by atoms with Gasteiger partial charge in [0.2, 0.25) is 0 Å². The van der Waals surface area contributed by atoms with E-state index in [1.165, 1.54) is 8.86 Å². The monoisotopic (exact) mass is 921 g/mol. The fraction of sp³-hybridized carbons (Fsp3) is 0.318. The summed E-state index contributed by atoms with van der Waals surface area (Å²) in [5.41, 5.74) is 8.77. The van der Waals surface area contributed by atoms with Gasteiger partial charge in [0.15, 0.2) is 0 Å². The van der Waals surface area contributed by atoms with Crippen LogP contribution in [0.2, 0.25) is 0 Å². The molecule has 0 spiro atoms. The number of primary amides is 1. The number of hydrogen-bond acceptors (Lipinski definition) is 4. The number of amides is 2. The summed E-state index contributed by atoms with van der Waals surface area (Å²) in [5.74, 6) is -0.892. The van der Waals surface area contributed by atoms with Crippen LogP contribution >= 0.6 is 19.8 Å². The maximum atomic E-state index is 14.9. The molecule has 3 unspecified atom stereocenters. The number of nitrogens with two attached hydrogens (primary N) is 1. The third kappa shape index (κ3) is 10.1. The Morgan fingerprint density at radius 2 is 1.27 bits per heavy atom. The van der Waals surface area contributed by atoms with E-state index in [4.69, 9.17) is 5.73 Å². The first kappa shape index (κ1) is 38.1. The molecule has 52 heavy (non-hydrogen) atoms. The van der Waals surface area contributed by atoms with Crippen molar-refractivity contribution >= 4 is 62.8 Å². The van der Waals surface area contributed by atoms with Crippen molar-refractivity contribution in [2.75, 3.05) is 13.8 Å². The Morgan fingerprint density at radius 3 is 1.87 bits per heavy atom. The van der Waals surface area contributed by atoms with Crippen LogP contribution in [-0.2, 0) is 38.4 Å². The second-order valence-electron chi connectivity index (χ2n) is 13.8. The number of carbonyl (C=O) groups excluding carboxylic acids is 4. The van der Waals surface area contributed by atoms with Gasteiger partial charge in [-0.1, -0.05) is 0 Å². The molecule has 0 aliphatic carbocycles. The van der Waals surface area contributed by atoms with E-state index in [9.17, 15) is 19.2 Å².